The summed E-state index contributed by atoms with van der Waals surface area (Å²) in [6.07, 6.45) is 0.336. The number of hydrogen-bond acceptors (Lipinski definition) is 4. The van der Waals surface area contributed by atoms with E-state index in [-0.39, 0.29) is 21.9 Å². The average Bonchev–Trinajstić information content (AvgIpc) is 2.41. The second-order valence-electron chi connectivity index (χ2n) is 3.43. The van der Waals surface area contributed by atoms with Crippen LogP contribution in [0.1, 0.15) is 15.9 Å². The number of aryl methyl sites for hydroxylation is 1. The minimum atomic E-state index is -3.43. The van der Waals surface area contributed by atoms with E-state index in [2.05, 4.69) is 0 Å². The van der Waals surface area contributed by atoms with Gasteiger partial charge in [0.25, 0.3) is 0 Å². The van der Waals surface area contributed by atoms with Gasteiger partial charge < -0.3 is 10.8 Å². The van der Waals surface area contributed by atoms with Gasteiger partial charge in [-0.2, -0.15) is 0 Å². The number of nitrogen functional groups attached to an aromatic ring is 1. The summed E-state index contributed by atoms with van der Waals surface area (Å²) >= 11 is 0. The number of fused-ring (bicyclic) bond motifs is 1. The fourth-order valence-corrected chi connectivity index (χ4v) is 3.51. The summed E-state index contributed by atoms with van der Waals surface area (Å²) in [5.74, 6) is -1.30. The molecule has 1 aromatic carbocycles. The average molecular weight is 227 g/mol. The highest BCUT2D eigenvalue weighted by Crippen LogP contribution is 2.31. The number of benzene rings is 1. The molecule has 0 spiro atoms. The Balaban J connectivity index is 2.83. The quantitative estimate of drug-likeness (QED) is 0.672. The minimum Gasteiger partial charge on any atom is -0.478 e. The largest absolute Gasteiger partial charge is 0.478 e. The molecule has 1 aromatic rings. The number of anilines is 1. The zero-order valence-electron chi connectivity index (χ0n) is 7.73. The standard InChI is InChI=1S/C9H9NO4S/c10-6-3-5-1-2-15(13,14)8(5)7(4-6)9(11)12/h3-4H,1-2,10H2,(H,11,12). The first-order valence-electron chi connectivity index (χ1n) is 4.30. The maximum absolute atomic E-state index is 11.6. The lowest BCUT2D eigenvalue weighted by atomic mass is 10.1. The Morgan fingerprint density at radius 3 is 2.67 bits per heavy atom. The normalized spacial score (nSPS) is 17.3. The number of hydrogen-bond donors (Lipinski definition) is 2. The second kappa shape index (κ2) is 2.96. The summed E-state index contributed by atoms with van der Waals surface area (Å²) in [7, 11) is -3.43. The highest BCUT2D eigenvalue weighted by Gasteiger charge is 2.31. The first-order valence-corrected chi connectivity index (χ1v) is 5.95. The molecule has 0 atom stereocenters. The van der Waals surface area contributed by atoms with Crippen molar-refractivity contribution in [3.8, 4) is 0 Å². The summed E-state index contributed by atoms with van der Waals surface area (Å²) in [6, 6.07) is 2.70. The van der Waals surface area contributed by atoms with Crippen LogP contribution < -0.4 is 5.73 Å². The number of carboxylic acid groups (broad SMARTS) is 1. The van der Waals surface area contributed by atoms with Crippen molar-refractivity contribution in [1.82, 2.24) is 0 Å². The molecule has 0 radical (unpaired) electrons. The molecule has 0 saturated heterocycles. The van der Waals surface area contributed by atoms with Gasteiger partial charge in [-0.3, -0.25) is 0 Å². The van der Waals surface area contributed by atoms with Crippen LogP contribution in [0.5, 0.6) is 0 Å². The minimum absolute atomic E-state index is 0.0356. The van der Waals surface area contributed by atoms with Crippen molar-refractivity contribution in [2.24, 2.45) is 0 Å². The number of aromatic carboxylic acids is 1. The van der Waals surface area contributed by atoms with Gasteiger partial charge in [-0.25, -0.2) is 13.2 Å². The topological polar surface area (TPSA) is 97.5 Å². The molecule has 0 aromatic heterocycles. The van der Waals surface area contributed by atoms with Gasteiger partial charge in [-0.15, -0.1) is 0 Å². The lowest BCUT2D eigenvalue weighted by molar-refractivity contribution is 0.0692. The highest BCUT2D eigenvalue weighted by atomic mass is 32.2. The number of carbonyl (C=O) groups is 1. The first kappa shape index (κ1) is 9.97. The third-order valence-electron chi connectivity index (χ3n) is 2.37. The molecular weight excluding hydrogens is 218 g/mol. The fourth-order valence-electron chi connectivity index (χ4n) is 1.77. The molecule has 5 nitrogen and oxygen atoms in total. The summed E-state index contributed by atoms with van der Waals surface area (Å²) in [5, 5.41) is 8.89. The van der Waals surface area contributed by atoms with Gasteiger partial charge in [0.1, 0.15) is 0 Å². The third-order valence-corrected chi connectivity index (χ3v) is 4.22. The first-order chi connectivity index (χ1) is 6.92. The Morgan fingerprint density at radius 1 is 1.40 bits per heavy atom. The van der Waals surface area contributed by atoms with Crippen LogP contribution in [0.2, 0.25) is 0 Å². The van der Waals surface area contributed by atoms with E-state index in [4.69, 9.17) is 10.8 Å². The molecule has 3 N–H and O–H groups in total. The van der Waals surface area contributed by atoms with E-state index in [1.165, 1.54) is 12.1 Å². The summed E-state index contributed by atoms with van der Waals surface area (Å²) in [4.78, 5) is 10.8. The molecule has 1 heterocycles. The molecule has 0 saturated carbocycles. The molecule has 0 fully saturated rings. The number of rotatable bonds is 1. The van der Waals surface area contributed by atoms with Gasteiger partial charge in [-0.05, 0) is 24.1 Å². The molecule has 2 rings (SSSR count). The van der Waals surface area contributed by atoms with Gasteiger partial charge in [0.2, 0.25) is 0 Å². The van der Waals surface area contributed by atoms with Crippen LogP contribution in [0.4, 0.5) is 5.69 Å². The van der Waals surface area contributed by atoms with Gasteiger partial charge in [-0.1, -0.05) is 0 Å². The molecule has 6 heteroatoms. The third kappa shape index (κ3) is 1.46. The van der Waals surface area contributed by atoms with Crippen molar-refractivity contribution in [2.75, 3.05) is 11.5 Å². The van der Waals surface area contributed by atoms with Crippen molar-refractivity contribution in [3.63, 3.8) is 0 Å². The van der Waals surface area contributed by atoms with Crippen molar-refractivity contribution in [2.45, 2.75) is 11.3 Å². The molecular formula is C9H9NO4S. The highest BCUT2D eigenvalue weighted by molar-refractivity contribution is 7.91. The van der Waals surface area contributed by atoms with Crippen LogP contribution in [-0.4, -0.2) is 25.2 Å². The number of nitrogens with two attached hydrogens (primary N) is 1. The Hall–Kier alpha value is -1.56. The molecule has 0 aliphatic carbocycles. The maximum Gasteiger partial charge on any atom is 0.337 e. The smallest absolute Gasteiger partial charge is 0.337 e. The molecule has 0 amide bonds. The molecule has 1 aliphatic heterocycles. The van der Waals surface area contributed by atoms with Crippen LogP contribution in [0.3, 0.4) is 0 Å². The Morgan fingerprint density at radius 2 is 2.07 bits per heavy atom. The van der Waals surface area contributed by atoms with Crippen molar-refractivity contribution < 1.29 is 18.3 Å². The predicted octanol–water partition coefficient (Wildman–Crippen LogP) is 0.297. The summed E-state index contributed by atoms with van der Waals surface area (Å²) in [6.45, 7) is 0. The van der Waals surface area contributed by atoms with Crippen molar-refractivity contribution in [3.05, 3.63) is 23.3 Å². The Kier molecular flexibility index (Phi) is 1.97. The lowest BCUT2D eigenvalue weighted by Gasteiger charge is -2.05. The monoisotopic (exact) mass is 227 g/mol. The number of sulfone groups is 1. The van der Waals surface area contributed by atoms with E-state index in [0.717, 1.165) is 0 Å². The molecule has 80 valence electrons. The van der Waals surface area contributed by atoms with Gasteiger partial charge in [0.05, 0.1) is 16.2 Å². The molecule has 0 bridgehead atoms. The predicted molar refractivity (Wildman–Crippen MR) is 53.6 cm³/mol. The lowest BCUT2D eigenvalue weighted by Crippen LogP contribution is -2.08. The van der Waals surface area contributed by atoms with E-state index in [1.54, 1.807) is 0 Å². The van der Waals surface area contributed by atoms with Gasteiger partial charge in [0, 0.05) is 5.69 Å². The van der Waals surface area contributed by atoms with E-state index >= 15 is 0 Å². The van der Waals surface area contributed by atoms with E-state index in [0.29, 0.717) is 12.0 Å². The van der Waals surface area contributed by atoms with Crippen LogP contribution in [-0.2, 0) is 16.3 Å². The zero-order valence-corrected chi connectivity index (χ0v) is 8.54. The Bertz CT molecular complexity index is 547. The summed E-state index contributed by atoms with van der Waals surface area (Å²) in [5.41, 5.74) is 6.07. The van der Waals surface area contributed by atoms with Crippen molar-refractivity contribution in [1.29, 1.82) is 0 Å². The Labute approximate surface area is 86.4 Å². The van der Waals surface area contributed by atoms with Crippen LogP contribution in [0.25, 0.3) is 0 Å². The fraction of sp³-hybridized carbons (Fsp3) is 0.222. The number of carboxylic acids is 1. The van der Waals surface area contributed by atoms with Crippen LogP contribution >= 0.6 is 0 Å². The summed E-state index contributed by atoms with van der Waals surface area (Å²) < 4.78 is 23.2. The van der Waals surface area contributed by atoms with E-state index < -0.39 is 15.8 Å². The van der Waals surface area contributed by atoms with Crippen molar-refractivity contribution >= 4 is 21.5 Å². The maximum atomic E-state index is 11.6. The van der Waals surface area contributed by atoms with Gasteiger partial charge in [0.15, 0.2) is 9.84 Å². The van der Waals surface area contributed by atoms with Crippen LogP contribution in [0, 0.1) is 0 Å². The zero-order chi connectivity index (χ0) is 11.2. The second-order valence-corrected chi connectivity index (χ2v) is 5.48. The molecule has 15 heavy (non-hydrogen) atoms. The molecule has 1 aliphatic rings. The van der Waals surface area contributed by atoms with Gasteiger partial charge >= 0.3 is 5.97 Å². The van der Waals surface area contributed by atoms with Crippen LogP contribution in [0.15, 0.2) is 17.0 Å². The molecule has 0 unspecified atom stereocenters. The SMILES string of the molecule is Nc1cc2c(c(C(=O)O)c1)S(=O)(=O)CC2. The van der Waals surface area contributed by atoms with E-state index in [9.17, 15) is 13.2 Å². The van der Waals surface area contributed by atoms with E-state index in [1.807, 2.05) is 0 Å².